The number of imidazole rings is 1. The van der Waals surface area contributed by atoms with Crippen molar-refractivity contribution >= 4 is 11.3 Å². The van der Waals surface area contributed by atoms with E-state index in [1.807, 2.05) is 17.6 Å². The smallest absolute Gasteiger partial charge is 0.151 e. The van der Waals surface area contributed by atoms with Crippen LogP contribution in [0.15, 0.2) is 42.9 Å². The van der Waals surface area contributed by atoms with Gasteiger partial charge in [-0.15, -0.1) is 10.2 Å². The summed E-state index contributed by atoms with van der Waals surface area (Å²) in [5.74, 6) is 0.957. The summed E-state index contributed by atoms with van der Waals surface area (Å²) in [6, 6.07) is 13.5. The number of pyridine rings is 1. The van der Waals surface area contributed by atoms with E-state index in [0.717, 1.165) is 57.8 Å². The number of piperidine rings is 2. The SMILES string of the molecule is Cc1cc2c(-c3ccc(N(C)[C@@H]4CC5[C@H]6CC[C@@H](C4)N56)nn3)ccc(-c3cnc[nH]3)n2n1.[HH]. The molecule has 7 rings (SSSR count). The molecular formula is C24H28N8. The molecule has 7 heterocycles. The number of nitrogens with zero attached hydrogens (tertiary/aromatic N) is 7. The molecule has 0 bridgehead atoms. The third-order valence-corrected chi connectivity index (χ3v) is 7.75. The Morgan fingerprint density at radius 2 is 2.03 bits per heavy atom. The topological polar surface area (TPSA) is 78.0 Å². The van der Waals surface area contributed by atoms with E-state index in [1.165, 1.54) is 25.7 Å². The number of nitrogens with one attached hydrogen (secondary N) is 1. The first-order chi connectivity index (χ1) is 15.7. The number of H-pyrrole nitrogens is 1. The van der Waals surface area contributed by atoms with Gasteiger partial charge in [-0.25, -0.2) is 9.50 Å². The van der Waals surface area contributed by atoms with E-state index in [2.05, 4.69) is 67.3 Å². The van der Waals surface area contributed by atoms with E-state index in [9.17, 15) is 0 Å². The van der Waals surface area contributed by atoms with Gasteiger partial charge in [0, 0.05) is 38.2 Å². The number of aromatic nitrogens is 6. The molecule has 3 aliphatic rings. The van der Waals surface area contributed by atoms with Gasteiger partial charge in [-0.1, -0.05) is 0 Å². The molecule has 3 aliphatic heterocycles. The average Bonchev–Trinajstić information content (AvgIpc) is 3.24. The van der Waals surface area contributed by atoms with Crippen molar-refractivity contribution in [2.45, 2.75) is 56.8 Å². The van der Waals surface area contributed by atoms with Gasteiger partial charge in [0.05, 0.1) is 40.8 Å². The van der Waals surface area contributed by atoms with E-state index in [0.29, 0.717) is 6.04 Å². The minimum absolute atomic E-state index is 0. The number of anilines is 1. The summed E-state index contributed by atoms with van der Waals surface area (Å²) >= 11 is 0. The number of aryl methyl sites for hydroxylation is 1. The zero-order valence-electron chi connectivity index (χ0n) is 18.3. The Bertz CT molecular complexity index is 1300. The molecule has 0 aliphatic carbocycles. The molecule has 4 aromatic heterocycles. The Labute approximate surface area is 187 Å². The minimum atomic E-state index is 0. The van der Waals surface area contributed by atoms with Gasteiger partial charge in [0.15, 0.2) is 5.82 Å². The van der Waals surface area contributed by atoms with Crippen molar-refractivity contribution in [3.05, 3.63) is 48.5 Å². The molecule has 0 aromatic carbocycles. The molecule has 2 unspecified atom stereocenters. The summed E-state index contributed by atoms with van der Waals surface area (Å²) in [5.41, 5.74) is 5.77. The summed E-state index contributed by atoms with van der Waals surface area (Å²) in [6.07, 6.45) is 8.77. The Balaban J connectivity index is 0.00000206. The lowest BCUT2D eigenvalue weighted by atomic mass is 9.91. The highest BCUT2D eigenvalue weighted by Crippen LogP contribution is 2.51. The maximum Gasteiger partial charge on any atom is 0.151 e. The van der Waals surface area contributed by atoms with Crippen molar-refractivity contribution in [2.24, 2.45) is 0 Å². The van der Waals surface area contributed by atoms with Gasteiger partial charge in [-0.3, -0.25) is 4.90 Å². The van der Waals surface area contributed by atoms with Crippen LogP contribution in [0.3, 0.4) is 0 Å². The standard InChI is InChI=1S/C24H26N8.H2/c1-14-9-22-17(4-7-20(32(22)29-14)19-12-25-13-26-19)18-5-8-24(28-27-18)30(2)16-10-15-3-6-21-23(11-16)31(15)21;/h4-5,7-9,12-13,15-16,21,23H,3,6,10-11H2,1-2H3,(H,25,26);1H/t15-,16-,21+,23?,31?;/m0./s1. The lowest BCUT2D eigenvalue weighted by Crippen LogP contribution is -2.42. The summed E-state index contributed by atoms with van der Waals surface area (Å²) in [6.45, 7) is 2.01. The highest BCUT2D eigenvalue weighted by Gasteiger charge is 2.59. The molecule has 3 fully saturated rings. The number of hydrogen-bond donors (Lipinski definition) is 1. The van der Waals surface area contributed by atoms with Crippen LogP contribution in [0.5, 0.6) is 0 Å². The van der Waals surface area contributed by atoms with Crippen molar-refractivity contribution in [1.82, 2.24) is 34.7 Å². The molecule has 3 saturated heterocycles. The second-order valence-electron chi connectivity index (χ2n) is 9.51. The van der Waals surface area contributed by atoms with E-state index in [1.54, 1.807) is 6.33 Å². The number of aromatic amines is 1. The highest BCUT2D eigenvalue weighted by atomic mass is 15.4. The summed E-state index contributed by atoms with van der Waals surface area (Å²) in [4.78, 5) is 12.4. The largest absolute Gasteiger partial charge is 0.355 e. The molecule has 4 aromatic rings. The zero-order valence-corrected chi connectivity index (χ0v) is 18.3. The van der Waals surface area contributed by atoms with Crippen LogP contribution >= 0.6 is 0 Å². The second-order valence-corrected chi connectivity index (χ2v) is 9.51. The first-order valence-electron chi connectivity index (χ1n) is 11.5. The Kier molecular flexibility index (Phi) is 3.79. The average molecular weight is 429 g/mol. The Hall–Kier alpha value is -3.26. The fourth-order valence-corrected chi connectivity index (χ4v) is 6.13. The second kappa shape index (κ2) is 6.62. The van der Waals surface area contributed by atoms with Crippen molar-refractivity contribution in [2.75, 3.05) is 11.9 Å². The highest BCUT2D eigenvalue weighted by molar-refractivity contribution is 5.81. The van der Waals surface area contributed by atoms with Crippen LogP contribution in [0.25, 0.3) is 28.2 Å². The lowest BCUT2D eigenvalue weighted by molar-refractivity contribution is 0.274. The molecular weight excluding hydrogens is 400 g/mol. The van der Waals surface area contributed by atoms with Crippen LogP contribution in [0.1, 0.15) is 32.8 Å². The summed E-state index contributed by atoms with van der Waals surface area (Å²) in [7, 11) is 2.18. The van der Waals surface area contributed by atoms with Gasteiger partial charge in [0.25, 0.3) is 0 Å². The summed E-state index contributed by atoms with van der Waals surface area (Å²) in [5, 5.41) is 14.0. The van der Waals surface area contributed by atoms with Crippen LogP contribution < -0.4 is 4.90 Å². The number of rotatable bonds is 4. The molecule has 1 N–H and O–H groups in total. The van der Waals surface area contributed by atoms with Crippen molar-refractivity contribution in [3.63, 3.8) is 0 Å². The Morgan fingerprint density at radius 1 is 1.09 bits per heavy atom. The summed E-state index contributed by atoms with van der Waals surface area (Å²) < 4.78 is 1.96. The van der Waals surface area contributed by atoms with E-state index in [4.69, 9.17) is 5.10 Å². The maximum absolute atomic E-state index is 4.70. The third kappa shape index (κ3) is 2.65. The first-order valence-corrected chi connectivity index (χ1v) is 11.5. The molecule has 8 heteroatoms. The molecule has 0 radical (unpaired) electrons. The fraction of sp³-hybridized carbons (Fsp3) is 0.417. The monoisotopic (exact) mass is 428 g/mol. The van der Waals surface area contributed by atoms with E-state index < -0.39 is 0 Å². The molecule has 0 spiro atoms. The quantitative estimate of drug-likeness (QED) is 0.501. The van der Waals surface area contributed by atoms with Crippen molar-refractivity contribution in [3.8, 4) is 22.6 Å². The van der Waals surface area contributed by atoms with Crippen LogP contribution in [0.4, 0.5) is 5.82 Å². The molecule has 0 saturated carbocycles. The fourth-order valence-electron chi connectivity index (χ4n) is 6.13. The van der Waals surface area contributed by atoms with E-state index in [-0.39, 0.29) is 1.43 Å². The van der Waals surface area contributed by atoms with Gasteiger partial charge in [0.2, 0.25) is 0 Å². The van der Waals surface area contributed by atoms with Gasteiger partial charge in [0.1, 0.15) is 0 Å². The molecule has 32 heavy (non-hydrogen) atoms. The molecule has 5 atom stereocenters. The zero-order chi connectivity index (χ0) is 21.4. The van der Waals surface area contributed by atoms with Gasteiger partial charge in [-0.05, 0) is 62.9 Å². The van der Waals surface area contributed by atoms with Gasteiger partial charge < -0.3 is 9.88 Å². The lowest BCUT2D eigenvalue weighted by Gasteiger charge is -2.35. The normalized spacial score (nSPS) is 28.1. The predicted octanol–water partition coefficient (Wildman–Crippen LogP) is 3.55. The molecule has 0 amide bonds. The minimum Gasteiger partial charge on any atom is -0.355 e. The molecule has 164 valence electrons. The first kappa shape index (κ1) is 18.3. The van der Waals surface area contributed by atoms with Gasteiger partial charge in [-0.2, -0.15) is 5.10 Å². The van der Waals surface area contributed by atoms with Crippen LogP contribution in [0.2, 0.25) is 0 Å². The predicted molar refractivity (Wildman–Crippen MR) is 125 cm³/mol. The Morgan fingerprint density at radius 3 is 2.81 bits per heavy atom. The number of hydrogen-bond acceptors (Lipinski definition) is 6. The van der Waals surface area contributed by atoms with Crippen LogP contribution in [-0.2, 0) is 0 Å². The third-order valence-electron chi connectivity index (χ3n) is 7.75. The van der Waals surface area contributed by atoms with Crippen molar-refractivity contribution in [1.29, 1.82) is 0 Å². The van der Waals surface area contributed by atoms with E-state index >= 15 is 0 Å². The molecule has 8 nitrogen and oxygen atoms in total. The van der Waals surface area contributed by atoms with Gasteiger partial charge >= 0.3 is 0 Å². The van der Waals surface area contributed by atoms with Crippen molar-refractivity contribution < 1.29 is 1.43 Å². The number of fused-ring (bicyclic) bond motifs is 2. The van der Waals surface area contributed by atoms with Crippen LogP contribution in [-0.4, -0.2) is 65.9 Å². The van der Waals surface area contributed by atoms with Crippen LogP contribution in [0, 0.1) is 6.92 Å². The maximum atomic E-state index is 4.70.